The zero-order valence-corrected chi connectivity index (χ0v) is 16.0. The molecule has 30 heavy (non-hydrogen) atoms. The first kappa shape index (κ1) is 19.3. The number of benzene rings is 2. The van der Waals surface area contributed by atoms with Crippen molar-refractivity contribution >= 4 is 11.8 Å². The summed E-state index contributed by atoms with van der Waals surface area (Å²) in [4.78, 5) is 24.6. The van der Waals surface area contributed by atoms with Crippen molar-refractivity contribution < 1.29 is 13.7 Å². The Morgan fingerprint density at radius 2 is 1.80 bits per heavy atom. The fourth-order valence-electron chi connectivity index (χ4n) is 2.86. The molecule has 4 aromatic rings. The van der Waals surface area contributed by atoms with E-state index in [1.54, 1.807) is 6.07 Å². The standard InChI is InChI=1S/C22H17FN4O3/c1-2-14-3-5-15(6-4-14)19-13-20(30-26-19)24-22(29)18-11-12-21(28)27(25-18)17-9-7-16(23)8-10-17/h3-13H,2H2,1H3,(H,24,29). The van der Waals surface area contributed by atoms with Crippen LogP contribution < -0.4 is 10.9 Å². The Morgan fingerprint density at radius 1 is 1.07 bits per heavy atom. The fourth-order valence-corrected chi connectivity index (χ4v) is 2.86. The predicted molar refractivity (Wildman–Crippen MR) is 109 cm³/mol. The van der Waals surface area contributed by atoms with E-state index in [0.717, 1.165) is 16.7 Å². The van der Waals surface area contributed by atoms with E-state index < -0.39 is 17.3 Å². The topological polar surface area (TPSA) is 90.0 Å². The van der Waals surface area contributed by atoms with Crippen LogP contribution >= 0.6 is 0 Å². The average molecular weight is 404 g/mol. The molecule has 2 aromatic carbocycles. The van der Waals surface area contributed by atoms with Crippen molar-refractivity contribution in [1.29, 1.82) is 0 Å². The molecule has 0 spiro atoms. The first-order valence-corrected chi connectivity index (χ1v) is 9.27. The van der Waals surface area contributed by atoms with E-state index in [0.29, 0.717) is 11.4 Å². The smallest absolute Gasteiger partial charge is 0.278 e. The number of aromatic nitrogens is 3. The van der Waals surface area contributed by atoms with E-state index in [4.69, 9.17) is 4.52 Å². The summed E-state index contributed by atoms with van der Waals surface area (Å²) in [6.45, 7) is 2.08. The lowest BCUT2D eigenvalue weighted by molar-refractivity contribution is 0.101. The van der Waals surface area contributed by atoms with E-state index in [2.05, 4.69) is 22.5 Å². The summed E-state index contributed by atoms with van der Waals surface area (Å²) in [5.74, 6) is -0.864. The van der Waals surface area contributed by atoms with Gasteiger partial charge in [0, 0.05) is 17.7 Å². The maximum Gasteiger partial charge on any atom is 0.278 e. The second-order valence-electron chi connectivity index (χ2n) is 6.53. The van der Waals surface area contributed by atoms with Gasteiger partial charge in [-0.15, -0.1) is 0 Å². The van der Waals surface area contributed by atoms with Gasteiger partial charge >= 0.3 is 0 Å². The van der Waals surface area contributed by atoms with Gasteiger partial charge in [0.2, 0.25) is 5.88 Å². The number of amides is 1. The number of nitrogens with zero attached hydrogens (tertiary/aromatic N) is 3. The van der Waals surface area contributed by atoms with Crippen LogP contribution in [0.15, 0.2) is 76.0 Å². The summed E-state index contributed by atoms with van der Waals surface area (Å²) in [5.41, 5.74) is 2.53. The van der Waals surface area contributed by atoms with Crippen LogP contribution in [0.3, 0.4) is 0 Å². The number of rotatable bonds is 5. The zero-order valence-electron chi connectivity index (χ0n) is 16.0. The van der Waals surface area contributed by atoms with Gasteiger partial charge < -0.3 is 4.52 Å². The third-order valence-corrected chi connectivity index (χ3v) is 4.51. The Hall–Kier alpha value is -4.07. The molecule has 7 nitrogen and oxygen atoms in total. The van der Waals surface area contributed by atoms with Crippen LogP contribution in [0, 0.1) is 5.82 Å². The molecule has 0 bridgehead atoms. The summed E-state index contributed by atoms with van der Waals surface area (Å²) in [7, 11) is 0. The molecule has 0 unspecified atom stereocenters. The van der Waals surface area contributed by atoms with Gasteiger partial charge in [-0.1, -0.05) is 36.3 Å². The highest BCUT2D eigenvalue weighted by molar-refractivity contribution is 6.02. The molecule has 1 amide bonds. The molecule has 0 saturated carbocycles. The van der Waals surface area contributed by atoms with Crippen molar-refractivity contribution in [2.45, 2.75) is 13.3 Å². The number of aryl methyl sites for hydroxylation is 1. The molecule has 0 aliphatic rings. The van der Waals surface area contributed by atoms with Crippen LogP contribution in [-0.4, -0.2) is 20.8 Å². The Bertz CT molecular complexity index is 1240. The molecular weight excluding hydrogens is 387 g/mol. The summed E-state index contributed by atoms with van der Waals surface area (Å²) < 4.78 is 19.3. The number of carbonyl (C=O) groups excluding carboxylic acids is 1. The van der Waals surface area contributed by atoms with Crippen LogP contribution in [0.4, 0.5) is 10.3 Å². The third kappa shape index (κ3) is 4.02. The van der Waals surface area contributed by atoms with E-state index in [1.807, 2.05) is 24.3 Å². The molecule has 8 heteroatoms. The van der Waals surface area contributed by atoms with Gasteiger partial charge in [-0.25, -0.2) is 4.39 Å². The number of nitrogens with one attached hydrogen (secondary N) is 1. The predicted octanol–water partition coefficient (Wildman–Crippen LogP) is 3.84. The lowest BCUT2D eigenvalue weighted by Crippen LogP contribution is -2.24. The molecule has 4 rings (SSSR count). The molecule has 0 radical (unpaired) electrons. The number of halogens is 1. The van der Waals surface area contributed by atoms with Gasteiger partial charge in [0.1, 0.15) is 17.2 Å². The van der Waals surface area contributed by atoms with Crippen molar-refractivity contribution in [2.75, 3.05) is 5.32 Å². The van der Waals surface area contributed by atoms with E-state index >= 15 is 0 Å². The Morgan fingerprint density at radius 3 is 2.50 bits per heavy atom. The normalized spacial score (nSPS) is 10.7. The van der Waals surface area contributed by atoms with Gasteiger partial charge in [0.25, 0.3) is 11.5 Å². The van der Waals surface area contributed by atoms with Gasteiger partial charge in [-0.05, 0) is 42.3 Å². The molecule has 0 aliphatic carbocycles. The Labute approximate surface area is 170 Å². The van der Waals surface area contributed by atoms with E-state index in [1.165, 1.54) is 42.0 Å². The van der Waals surface area contributed by atoms with Crippen LogP contribution in [0.2, 0.25) is 0 Å². The highest BCUT2D eigenvalue weighted by atomic mass is 19.1. The summed E-state index contributed by atoms with van der Waals surface area (Å²) in [6.07, 6.45) is 0.938. The first-order valence-electron chi connectivity index (χ1n) is 9.27. The maximum atomic E-state index is 13.1. The van der Waals surface area contributed by atoms with Gasteiger partial charge in [0.05, 0.1) is 5.69 Å². The number of hydrogen-bond acceptors (Lipinski definition) is 5. The maximum absolute atomic E-state index is 13.1. The van der Waals surface area contributed by atoms with Crippen LogP contribution in [0.1, 0.15) is 23.0 Å². The van der Waals surface area contributed by atoms with Gasteiger partial charge in [-0.2, -0.15) is 9.78 Å². The highest BCUT2D eigenvalue weighted by Crippen LogP contribution is 2.22. The number of carbonyl (C=O) groups is 1. The molecule has 0 atom stereocenters. The van der Waals surface area contributed by atoms with Crippen LogP contribution in [-0.2, 0) is 6.42 Å². The largest absolute Gasteiger partial charge is 0.338 e. The first-order chi connectivity index (χ1) is 14.5. The van der Waals surface area contributed by atoms with Crippen LogP contribution in [0.25, 0.3) is 16.9 Å². The summed E-state index contributed by atoms with van der Waals surface area (Å²) in [5, 5.41) is 10.6. The average Bonchev–Trinajstić information content (AvgIpc) is 3.23. The molecule has 2 heterocycles. The second-order valence-corrected chi connectivity index (χ2v) is 6.53. The SMILES string of the molecule is CCc1ccc(-c2cc(NC(=O)c3ccc(=O)n(-c4ccc(F)cc4)n3)on2)cc1. The van der Waals surface area contributed by atoms with Crippen molar-refractivity contribution in [3.63, 3.8) is 0 Å². The van der Waals surface area contributed by atoms with Crippen molar-refractivity contribution in [3.8, 4) is 16.9 Å². The highest BCUT2D eigenvalue weighted by Gasteiger charge is 2.14. The monoisotopic (exact) mass is 404 g/mol. The van der Waals surface area contributed by atoms with E-state index in [9.17, 15) is 14.0 Å². The molecule has 2 aromatic heterocycles. The Kier molecular flexibility index (Phi) is 5.21. The molecule has 0 aliphatic heterocycles. The second kappa shape index (κ2) is 8.12. The lowest BCUT2D eigenvalue weighted by atomic mass is 10.1. The van der Waals surface area contributed by atoms with E-state index in [-0.39, 0.29) is 11.6 Å². The van der Waals surface area contributed by atoms with Crippen LogP contribution in [0.5, 0.6) is 0 Å². The molecular formula is C22H17FN4O3. The van der Waals surface area contributed by atoms with Crippen molar-refractivity contribution in [2.24, 2.45) is 0 Å². The third-order valence-electron chi connectivity index (χ3n) is 4.51. The zero-order chi connectivity index (χ0) is 21.1. The van der Waals surface area contributed by atoms with Gasteiger partial charge in [0.15, 0.2) is 0 Å². The minimum Gasteiger partial charge on any atom is -0.338 e. The van der Waals surface area contributed by atoms with Gasteiger partial charge in [-0.3, -0.25) is 14.9 Å². The summed E-state index contributed by atoms with van der Waals surface area (Å²) in [6, 6.07) is 17.2. The number of hydrogen-bond donors (Lipinski definition) is 1. The molecule has 0 fully saturated rings. The lowest BCUT2D eigenvalue weighted by Gasteiger charge is -2.06. The van der Waals surface area contributed by atoms with Crippen molar-refractivity contribution in [1.82, 2.24) is 14.9 Å². The molecule has 1 N–H and O–H groups in total. The molecule has 150 valence electrons. The molecule has 0 saturated heterocycles. The minimum atomic E-state index is -0.574. The number of anilines is 1. The Balaban J connectivity index is 1.54. The fraction of sp³-hybridized carbons (Fsp3) is 0.0909. The quantitative estimate of drug-likeness (QED) is 0.546. The minimum absolute atomic E-state index is 0.0100. The summed E-state index contributed by atoms with van der Waals surface area (Å²) >= 11 is 0. The van der Waals surface area contributed by atoms with Crippen molar-refractivity contribution in [3.05, 3.63) is 94.2 Å².